The summed E-state index contributed by atoms with van der Waals surface area (Å²) in [5, 5.41) is 0. The van der Waals surface area contributed by atoms with E-state index in [9.17, 15) is 26.3 Å². The Morgan fingerprint density at radius 1 is 0.556 bits per heavy atom. The van der Waals surface area contributed by atoms with E-state index in [0.29, 0.717) is 0 Å². The van der Waals surface area contributed by atoms with Gasteiger partial charge >= 0.3 is 13.4 Å². The average molecular weight is 392 g/mol. The second kappa shape index (κ2) is 11.0. The third kappa shape index (κ3) is 8.98. The van der Waals surface area contributed by atoms with E-state index in [1.807, 2.05) is 0 Å². The number of hydrogen-bond donors (Lipinski definition) is 0. The van der Waals surface area contributed by atoms with Crippen molar-refractivity contribution in [2.75, 3.05) is 0 Å². The van der Waals surface area contributed by atoms with Crippen LogP contribution in [0.2, 0.25) is 0 Å². The molecule has 0 nitrogen and oxygen atoms in total. The minimum Gasteiger partial charge on any atom is -0.174 e. The first-order valence-electron chi connectivity index (χ1n) is 8.29. The van der Waals surface area contributed by atoms with Gasteiger partial charge in [0.05, 0.1) is 0 Å². The largest absolute Gasteiger partial charge is 0.379 e. The molecule has 0 atom stereocenters. The Morgan fingerprint density at radius 2 is 0.815 bits per heavy atom. The first-order chi connectivity index (χ1) is 12.3. The van der Waals surface area contributed by atoms with Crippen LogP contribution in [0.25, 0.3) is 0 Å². The van der Waals surface area contributed by atoms with Gasteiger partial charge in [0.2, 0.25) is 0 Å². The Morgan fingerprint density at radius 3 is 1.04 bits per heavy atom. The summed E-state index contributed by atoms with van der Waals surface area (Å²) in [5.74, 6) is 0. The predicted molar refractivity (Wildman–Crippen MR) is 98.2 cm³/mol. The van der Waals surface area contributed by atoms with E-state index >= 15 is 0 Å². The highest BCUT2D eigenvalue weighted by molar-refractivity contribution is 5.43. The lowest BCUT2D eigenvalue weighted by Gasteiger charge is -2.27. The fraction of sp³-hybridized carbons (Fsp3) is 0.429. The highest BCUT2D eigenvalue weighted by atomic mass is 19.4. The molecule has 0 bridgehead atoms. The normalized spacial score (nSPS) is 10.9. The molecule has 0 saturated heterocycles. The van der Waals surface area contributed by atoms with Gasteiger partial charge in [-0.05, 0) is 61.1 Å². The van der Waals surface area contributed by atoms with E-state index < -0.39 is 13.4 Å². The molecular formula is C21H26F6. The van der Waals surface area contributed by atoms with Crippen LogP contribution in [0.1, 0.15) is 47.2 Å². The fourth-order valence-corrected chi connectivity index (χ4v) is 2.43. The molecule has 0 aliphatic rings. The molecule has 0 fully saturated rings. The monoisotopic (exact) mass is 392 g/mol. The number of benzene rings is 2. The molecule has 0 unspecified atom stereocenters. The molecule has 2 aromatic carbocycles. The number of alkyl halides is 6. The van der Waals surface area contributed by atoms with Gasteiger partial charge in [-0.15, -0.1) is 0 Å². The topological polar surface area (TPSA) is 0 Å². The molecule has 0 amide bonds. The second-order valence-corrected chi connectivity index (χ2v) is 6.72. The summed E-state index contributed by atoms with van der Waals surface area (Å²) >= 11 is 0. The van der Waals surface area contributed by atoms with Crippen LogP contribution >= 0.6 is 0 Å². The van der Waals surface area contributed by atoms with Gasteiger partial charge in [-0.1, -0.05) is 50.2 Å². The first kappa shape index (κ1) is 25.0. The van der Waals surface area contributed by atoms with Gasteiger partial charge in [0.15, 0.2) is 0 Å². The second-order valence-electron chi connectivity index (χ2n) is 6.72. The van der Waals surface area contributed by atoms with Gasteiger partial charge in [0.25, 0.3) is 0 Å². The van der Waals surface area contributed by atoms with Crippen LogP contribution in [0.15, 0.2) is 36.4 Å². The summed E-state index contributed by atoms with van der Waals surface area (Å²) in [6.07, 6.45) is 0. The van der Waals surface area contributed by atoms with Crippen molar-refractivity contribution in [1.82, 2.24) is 0 Å². The predicted octanol–water partition coefficient (Wildman–Crippen LogP) is 7.60. The standard InChI is InChI=1S/C19H24.2CHF3/c1-13-7-9-17(11-15(13)3)19(5,6)18-10-8-14(2)16(4)12-18;2*2-1(3)4/h7-12H,1-6H3;2*1H. The maximum Gasteiger partial charge on any atom is 0.379 e. The summed E-state index contributed by atoms with van der Waals surface area (Å²) in [6, 6.07) is 13.6. The molecule has 0 aliphatic carbocycles. The van der Waals surface area contributed by atoms with Crippen molar-refractivity contribution in [2.45, 2.75) is 60.3 Å². The highest BCUT2D eigenvalue weighted by Crippen LogP contribution is 2.33. The van der Waals surface area contributed by atoms with E-state index in [4.69, 9.17) is 0 Å². The van der Waals surface area contributed by atoms with Crippen LogP contribution in [0.3, 0.4) is 0 Å². The molecule has 27 heavy (non-hydrogen) atoms. The van der Waals surface area contributed by atoms with E-state index in [1.54, 1.807) is 0 Å². The van der Waals surface area contributed by atoms with Gasteiger partial charge < -0.3 is 0 Å². The lowest BCUT2D eigenvalue weighted by atomic mass is 9.76. The van der Waals surface area contributed by atoms with Crippen molar-refractivity contribution >= 4 is 0 Å². The molecule has 0 heterocycles. The van der Waals surface area contributed by atoms with Crippen molar-refractivity contribution in [2.24, 2.45) is 0 Å². The molecule has 0 spiro atoms. The minimum atomic E-state index is -3.67. The number of aryl methyl sites for hydroxylation is 4. The molecular weight excluding hydrogens is 366 g/mol. The summed E-state index contributed by atoms with van der Waals surface area (Å²) in [4.78, 5) is 0. The zero-order valence-electron chi connectivity index (χ0n) is 16.4. The first-order valence-corrected chi connectivity index (χ1v) is 8.29. The number of halogens is 6. The number of hydrogen-bond acceptors (Lipinski definition) is 0. The molecule has 0 aromatic heterocycles. The Balaban J connectivity index is 0.000000718. The molecule has 0 N–H and O–H groups in total. The maximum atomic E-state index is 9.67. The van der Waals surface area contributed by atoms with E-state index in [-0.39, 0.29) is 5.41 Å². The van der Waals surface area contributed by atoms with E-state index in [1.165, 1.54) is 33.4 Å². The Kier molecular flexibility index (Phi) is 10.2. The van der Waals surface area contributed by atoms with Gasteiger partial charge in [-0.25, -0.2) is 0 Å². The minimum absolute atomic E-state index is 0.0525. The maximum absolute atomic E-state index is 9.67. The van der Waals surface area contributed by atoms with Crippen molar-refractivity contribution in [3.8, 4) is 0 Å². The Bertz CT molecular complexity index is 643. The van der Waals surface area contributed by atoms with Crippen LogP contribution in [0.5, 0.6) is 0 Å². The summed E-state index contributed by atoms with van der Waals surface area (Å²) < 4.78 is 58.0. The van der Waals surface area contributed by atoms with Gasteiger partial charge in [0.1, 0.15) is 0 Å². The Hall–Kier alpha value is -1.98. The molecule has 2 aromatic rings. The molecule has 0 saturated carbocycles. The zero-order chi connectivity index (χ0) is 21.4. The lowest BCUT2D eigenvalue weighted by molar-refractivity contribution is 0.00734. The van der Waals surface area contributed by atoms with Crippen LogP contribution in [-0.2, 0) is 5.41 Å². The van der Waals surface area contributed by atoms with Crippen LogP contribution in [0.4, 0.5) is 26.3 Å². The van der Waals surface area contributed by atoms with Crippen LogP contribution < -0.4 is 0 Å². The zero-order valence-corrected chi connectivity index (χ0v) is 16.4. The van der Waals surface area contributed by atoms with E-state index in [0.717, 1.165) is 0 Å². The van der Waals surface area contributed by atoms with Crippen LogP contribution in [0, 0.1) is 27.7 Å². The van der Waals surface area contributed by atoms with Crippen molar-refractivity contribution < 1.29 is 26.3 Å². The SMILES string of the molecule is Cc1ccc(C(C)(C)c2ccc(C)c(C)c2)cc1C.FC(F)F.FC(F)F. The molecule has 152 valence electrons. The fourth-order valence-electron chi connectivity index (χ4n) is 2.43. The average Bonchev–Trinajstić information content (AvgIpc) is 2.51. The number of rotatable bonds is 2. The third-order valence-corrected chi connectivity index (χ3v) is 4.46. The molecule has 0 aliphatic heterocycles. The third-order valence-electron chi connectivity index (χ3n) is 4.46. The van der Waals surface area contributed by atoms with Gasteiger partial charge in [0, 0.05) is 5.41 Å². The van der Waals surface area contributed by atoms with Gasteiger partial charge in [-0.3, -0.25) is 0 Å². The summed E-state index contributed by atoms with van der Waals surface area (Å²) in [5.41, 5.74) is 8.29. The summed E-state index contributed by atoms with van der Waals surface area (Å²) in [7, 11) is 0. The van der Waals surface area contributed by atoms with Crippen molar-refractivity contribution in [3.63, 3.8) is 0 Å². The highest BCUT2D eigenvalue weighted by Gasteiger charge is 2.23. The molecule has 2 rings (SSSR count). The quantitative estimate of drug-likeness (QED) is 0.462. The van der Waals surface area contributed by atoms with Crippen molar-refractivity contribution in [1.29, 1.82) is 0 Å². The Labute approximate surface area is 157 Å². The molecule has 6 heteroatoms. The summed E-state index contributed by atoms with van der Waals surface area (Å²) in [6.45, 7) is 6.00. The van der Waals surface area contributed by atoms with Gasteiger partial charge in [-0.2, -0.15) is 26.3 Å². The lowest BCUT2D eigenvalue weighted by Crippen LogP contribution is -2.19. The molecule has 0 radical (unpaired) electrons. The van der Waals surface area contributed by atoms with E-state index in [2.05, 4.69) is 77.9 Å². The van der Waals surface area contributed by atoms with Crippen LogP contribution in [-0.4, -0.2) is 13.4 Å². The smallest absolute Gasteiger partial charge is 0.174 e. The van der Waals surface area contributed by atoms with Crippen molar-refractivity contribution in [3.05, 3.63) is 69.8 Å².